The van der Waals surface area contributed by atoms with Gasteiger partial charge in [-0.15, -0.1) is 11.3 Å². The average Bonchev–Trinajstić information content (AvgIpc) is 2.95. The molecule has 0 bridgehead atoms. The van der Waals surface area contributed by atoms with Crippen molar-refractivity contribution in [2.24, 2.45) is 0 Å². The monoisotopic (exact) mass is 372 g/mol. The number of aryl methyl sites for hydroxylation is 1. The molecule has 5 nitrogen and oxygen atoms in total. The van der Waals surface area contributed by atoms with Crippen molar-refractivity contribution in [2.45, 2.75) is 27.2 Å². The first kappa shape index (κ1) is 18.7. The van der Waals surface area contributed by atoms with Gasteiger partial charge in [-0.3, -0.25) is 4.79 Å². The Morgan fingerprint density at radius 3 is 2.46 bits per heavy atom. The SMILES string of the molecule is CCN(CC)c1ccc(C(=O)N2CCCN(c3nc(C)cs3)CC2)cc1. The zero-order valence-corrected chi connectivity index (χ0v) is 16.8. The number of nitrogens with zero attached hydrogens (tertiary/aromatic N) is 4. The van der Waals surface area contributed by atoms with Gasteiger partial charge in [0.05, 0.1) is 5.69 Å². The fourth-order valence-electron chi connectivity index (χ4n) is 3.38. The van der Waals surface area contributed by atoms with Gasteiger partial charge in [-0.25, -0.2) is 4.98 Å². The van der Waals surface area contributed by atoms with Gasteiger partial charge in [0, 0.05) is 55.9 Å². The summed E-state index contributed by atoms with van der Waals surface area (Å²) in [5, 5.41) is 3.15. The smallest absolute Gasteiger partial charge is 0.253 e. The van der Waals surface area contributed by atoms with E-state index in [0.29, 0.717) is 0 Å². The summed E-state index contributed by atoms with van der Waals surface area (Å²) in [6.45, 7) is 11.6. The fourth-order valence-corrected chi connectivity index (χ4v) is 4.24. The molecule has 1 amide bonds. The van der Waals surface area contributed by atoms with Crippen molar-refractivity contribution in [2.75, 3.05) is 49.1 Å². The lowest BCUT2D eigenvalue weighted by Gasteiger charge is -2.23. The summed E-state index contributed by atoms with van der Waals surface area (Å²) in [6, 6.07) is 8.04. The van der Waals surface area contributed by atoms with Crippen molar-refractivity contribution >= 4 is 28.1 Å². The number of carbonyl (C=O) groups excluding carboxylic acids is 1. The molecule has 0 atom stereocenters. The van der Waals surface area contributed by atoms with Gasteiger partial charge in [-0.2, -0.15) is 0 Å². The quantitative estimate of drug-likeness (QED) is 0.803. The highest BCUT2D eigenvalue weighted by atomic mass is 32.1. The second-order valence-corrected chi connectivity index (χ2v) is 7.46. The molecule has 0 saturated carbocycles. The van der Waals surface area contributed by atoms with Crippen molar-refractivity contribution in [3.63, 3.8) is 0 Å². The van der Waals surface area contributed by atoms with Gasteiger partial charge in [-0.1, -0.05) is 0 Å². The van der Waals surface area contributed by atoms with Crippen LogP contribution in [-0.2, 0) is 0 Å². The molecule has 140 valence electrons. The maximum Gasteiger partial charge on any atom is 0.253 e. The van der Waals surface area contributed by atoms with Crippen LogP contribution >= 0.6 is 11.3 Å². The molecule has 1 aliphatic heterocycles. The number of thiazole rings is 1. The molecule has 0 aliphatic carbocycles. The van der Waals surface area contributed by atoms with E-state index in [-0.39, 0.29) is 5.91 Å². The standard InChI is InChI=1S/C20H28N4OS/c1-4-22(5-2)18-9-7-17(8-10-18)19(25)23-11-6-12-24(14-13-23)20-21-16(3)15-26-20/h7-10,15H,4-6,11-14H2,1-3H3. The van der Waals surface area contributed by atoms with E-state index in [0.717, 1.165) is 62.1 Å². The Morgan fingerprint density at radius 1 is 1.12 bits per heavy atom. The molecule has 26 heavy (non-hydrogen) atoms. The number of amides is 1. The van der Waals surface area contributed by atoms with Crippen LogP contribution in [0.1, 0.15) is 36.3 Å². The Balaban J connectivity index is 1.64. The van der Waals surface area contributed by atoms with Crippen LogP contribution in [0.25, 0.3) is 0 Å². The maximum atomic E-state index is 12.9. The summed E-state index contributed by atoms with van der Waals surface area (Å²) in [7, 11) is 0. The third kappa shape index (κ3) is 4.18. The maximum absolute atomic E-state index is 12.9. The third-order valence-electron chi connectivity index (χ3n) is 4.90. The van der Waals surface area contributed by atoms with E-state index in [2.05, 4.69) is 46.1 Å². The summed E-state index contributed by atoms with van der Waals surface area (Å²) in [5.41, 5.74) is 3.02. The topological polar surface area (TPSA) is 39.7 Å². The summed E-state index contributed by atoms with van der Waals surface area (Å²) in [4.78, 5) is 24.0. The van der Waals surface area contributed by atoms with Crippen molar-refractivity contribution in [1.29, 1.82) is 0 Å². The highest BCUT2D eigenvalue weighted by Crippen LogP contribution is 2.22. The average molecular weight is 373 g/mol. The number of carbonyl (C=O) groups is 1. The van der Waals surface area contributed by atoms with Crippen LogP contribution in [-0.4, -0.2) is 55.1 Å². The van der Waals surface area contributed by atoms with Gasteiger partial charge in [0.2, 0.25) is 0 Å². The molecule has 0 unspecified atom stereocenters. The van der Waals surface area contributed by atoms with Gasteiger partial charge in [0.15, 0.2) is 5.13 Å². The van der Waals surface area contributed by atoms with E-state index < -0.39 is 0 Å². The predicted molar refractivity (Wildman–Crippen MR) is 110 cm³/mol. The Morgan fingerprint density at radius 2 is 1.85 bits per heavy atom. The van der Waals surface area contributed by atoms with Gasteiger partial charge in [-0.05, 0) is 51.5 Å². The molecule has 2 aromatic rings. The largest absolute Gasteiger partial charge is 0.372 e. The van der Waals surface area contributed by atoms with E-state index in [9.17, 15) is 4.79 Å². The highest BCUT2D eigenvalue weighted by Gasteiger charge is 2.21. The van der Waals surface area contributed by atoms with Crippen molar-refractivity contribution in [3.8, 4) is 0 Å². The van der Waals surface area contributed by atoms with Crippen molar-refractivity contribution in [3.05, 3.63) is 40.9 Å². The molecular weight excluding hydrogens is 344 g/mol. The van der Waals surface area contributed by atoms with E-state index >= 15 is 0 Å². The first-order valence-corrected chi connectivity index (χ1v) is 10.3. The summed E-state index contributed by atoms with van der Waals surface area (Å²) in [6.07, 6.45) is 0.974. The normalized spacial score (nSPS) is 15.0. The van der Waals surface area contributed by atoms with Crippen LogP contribution in [0.3, 0.4) is 0 Å². The van der Waals surface area contributed by atoms with Crippen LogP contribution in [0, 0.1) is 6.92 Å². The molecule has 0 radical (unpaired) electrons. The lowest BCUT2D eigenvalue weighted by molar-refractivity contribution is 0.0767. The first-order chi connectivity index (χ1) is 12.6. The Bertz CT molecular complexity index is 724. The molecule has 0 N–H and O–H groups in total. The molecule has 1 saturated heterocycles. The van der Waals surface area contributed by atoms with E-state index in [4.69, 9.17) is 0 Å². The number of aromatic nitrogens is 1. The van der Waals surface area contributed by atoms with Crippen molar-refractivity contribution < 1.29 is 4.79 Å². The minimum atomic E-state index is 0.133. The molecule has 1 aliphatic rings. The fraction of sp³-hybridized carbons (Fsp3) is 0.500. The third-order valence-corrected chi connectivity index (χ3v) is 5.92. The number of anilines is 2. The van der Waals surface area contributed by atoms with Gasteiger partial charge in [0.1, 0.15) is 0 Å². The van der Waals surface area contributed by atoms with Crippen LogP contribution in [0.2, 0.25) is 0 Å². The zero-order valence-electron chi connectivity index (χ0n) is 15.9. The number of hydrogen-bond donors (Lipinski definition) is 0. The van der Waals surface area contributed by atoms with Crippen molar-refractivity contribution in [1.82, 2.24) is 9.88 Å². The van der Waals surface area contributed by atoms with Crippen LogP contribution in [0.4, 0.5) is 10.8 Å². The van der Waals surface area contributed by atoms with Gasteiger partial charge < -0.3 is 14.7 Å². The zero-order chi connectivity index (χ0) is 18.5. The summed E-state index contributed by atoms with van der Waals surface area (Å²) in [5.74, 6) is 0.133. The van der Waals surface area contributed by atoms with Gasteiger partial charge in [0.25, 0.3) is 5.91 Å². The second-order valence-electron chi connectivity index (χ2n) is 6.62. The lowest BCUT2D eigenvalue weighted by atomic mass is 10.1. The Kier molecular flexibility index (Phi) is 6.14. The number of rotatable bonds is 5. The van der Waals surface area contributed by atoms with Crippen LogP contribution < -0.4 is 9.80 Å². The molecule has 0 spiro atoms. The lowest BCUT2D eigenvalue weighted by Crippen LogP contribution is -2.35. The molecule has 1 aromatic carbocycles. The first-order valence-electron chi connectivity index (χ1n) is 9.43. The summed E-state index contributed by atoms with van der Waals surface area (Å²) < 4.78 is 0. The second kappa shape index (κ2) is 8.54. The van der Waals surface area contributed by atoms with E-state index in [1.54, 1.807) is 11.3 Å². The molecule has 1 aromatic heterocycles. The van der Waals surface area contributed by atoms with Crippen LogP contribution in [0.5, 0.6) is 0 Å². The van der Waals surface area contributed by atoms with E-state index in [1.165, 1.54) is 5.69 Å². The summed E-state index contributed by atoms with van der Waals surface area (Å²) >= 11 is 1.69. The highest BCUT2D eigenvalue weighted by molar-refractivity contribution is 7.13. The Hall–Kier alpha value is -2.08. The predicted octanol–water partition coefficient (Wildman–Crippen LogP) is 3.65. The molecular formula is C20H28N4OS. The van der Waals surface area contributed by atoms with Gasteiger partial charge >= 0.3 is 0 Å². The molecule has 1 fully saturated rings. The molecule has 3 rings (SSSR count). The van der Waals surface area contributed by atoms with E-state index in [1.807, 2.05) is 24.0 Å². The Labute approximate surface area is 160 Å². The van der Waals surface area contributed by atoms with Crippen LogP contribution in [0.15, 0.2) is 29.6 Å². The number of benzene rings is 1. The minimum Gasteiger partial charge on any atom is -0.372 e. The number of hydrogen-bond acceptors (Lipinski definition) is 5. The molecule has 6 heteroatoms. The molecule has 2 heterocycles. The minimum absolute atomic E-state index is 0.133.